The number of hydrogen-bond acceptors (Lipinski definition) is 3. The van der Waals surface area contributed by atoms with Crippen LogP contribution in [-0.2, 0) is 4.79 Å². The molecule has 0 aliphatic heterocycles. The molecule has 32 heavy (non-hydrogen) atoms. The Morgan fingerprint density at radius 2 is 1.91 bits per heavy atom. The third kappa shape index (κ3) is 2.95. The summed E-state index contributed by atoms with van der Waals surface area (Å²) in [6.07, 6.45) is 2.50. The fourth-order valence-electron chi connectivity index (χ4n) is 5.06. The standard InChI is InChI=1S/C25H24FN3O3/c1-13(2)22-21(14-4-6-16(26)7-5-14)18-8-15-12-27-28-20(15)9-19(18)23(30)29(22)17-10-25(3,11-17)24(31)32/h4-9,12-13,17H,10-11H2,1-3H3,(H,27,28)(H,31,32)/t17-,25+. The smallest absolute Gasteiger partial charge is 0.309 e. The van der Waals surface area contributed by atoms with Gasteiger partial charge in [0.1, 0.15) is 5.82 Å². The van der Waals surface area contributed by atoms with Crippen LogP contribution >= 0.6 is 0 Å². The van der Waals surface area contributed by atoms with Crippen LogP contribution in [0.15, 0.2) is 47.4 Å². The van der Waals surface area contributed by atoms with Crippen molar-refractivity contribution in [3.8, 4) is 11.1 Å². The second kappa shape index (κ2) is 7.02. The number of benzene rings is 2. The van der Waals surface area contributed by atoms with E-state index in [0.717, 1.165) is 33.1 Å². The molecule has 7 heteroatoms. The Hall–Kier alpha value is -3.48. The number of halogens is 1. The van der Waals surface area contributed by atoms with Crippen molar-refractivity contribution in [3.63, 3.8) is 0 Å². The summed E-state index contributed by atoms with van der Waals surface area (Å²) in [7, 11) is 0. The Balaban J connectivity index is 1.87. The van der Waals surface area contributed by atoms with Gasteiger partial charge in [0.25, 0.3) is 5.56 Å². The number of carboxylic acids is 1. The summed E-state index contributed by atoms with van der Waals surface area (Å²) in [6, 6.07) is 9.85. The first-order valence-corrected chi connectivity index (χ1v) is 10.7. The summed E-state index contributed by atoms with van der Waals surface area (Å²) in [4.78, 5) is 25.5. The Bertz CT molecular complexity index is 1430. The van der Waals surface area contributed by atoms with Crippen molar-refractivity contribution in [2.45, 2.75) is 45.6 Å². The van der Waals surface area contributed by atoms with Crippen LogP contribution in [0.1, 0.15) is 51.3 Å². The highest BCUT2D eigenvalue weighted by Crippen LogP contribution is 2.50. The molecule has 1 fully saturated rings. The van der Waals surface area contributed by atoms with Crippen molar-refractivity contribution in [2.75, 3.05) is 0 Å². The normalized spacial score (nSPS) is 20.7. The number of H-pyrrole nitrogens is 1. The molecule has 0 spiro atoms. The van der Waals surface area contributed by atoms with E-state index >= 15 is 0 Å². The average molecular weight is 433 g/mol. The van der Waals surface area contributed by atoms with Gasteiger partial charge in [0, 0.05) is 28.1 Å². The van der Waals surface area contributed by atoms with E-state index in [1.165, 1.54) is 12.1 Å². The van der Waals surface area contributed by atoms with E-state index in [4.69, 9.17) is 0 Å². The van der Waals surface area contributed by atoms with Crippen molar-refractivity contribution in [1.29, 1.82) is 0 Å². The largest absolute Gasteiger partial charge is 0.481 e. The summed E-state index contributed by atoms with van der Waals surface area (Å²) in [6.45, 7) is 5.77. The van der Waals surface area contributed by atoms with Gasteiger partial charge in [0.05, 0.1) is 17.1 Å². The lowest BCUT2D eigenvalue weighted by Gasteiger charge is -2.44. The third-order valence-corrected chi connectivity index (χ3v) is 6.75. The van der Waals surface area contributed by atoms with Crippen molar-refractivity contribution < 1.29 is 14.3 Å². The Morgan fingerprint density at radius 3 is 2.53 bits per heavy atom. The molecule has 2 N–H and O–H groups in total. The summed E-state index contributed by atoms with van der Waals surface area (Å²) >= 11 is 0. The molecule has 0 amide bonds. The Morgan fingerprint density at radius 1 is 1.22 bits per heavy atom. The average Bonchev–Trinajstić information content (AvgIpc) is 3.18. The number of nitrogens with one attached hydrogen (secondary N) is 1. The van der Waals surface area contributed by atoms with Crippen LogP contribution < -0.4 is 5.56 Å². The molecule has 2 aromatic heterocycles. The number of fused-ring (bicyclic) bond motifs is 2. The van der Waals surface area contributed by atoms with Gasteiger partial charge in [-0.25, -0.2) is 4.39 Å². The molecule has 0 saturated heterocycles. The van der Waals surface area contributed by atoms with E-state index in [0.29, 0.717) is 18.2 Å². The number of pyridine rings is 1. The van der Waals surface area contributed by atoms with Crippen molar-refractivity contribution in [3.05, 3.63) is 64.5 Å². The Labute approximate surface area is 183 Å². The highest BCUT2D eigenvalue weighted by molar-refractivity contribution is 6.04. The minimum Gasteiger partial charge on any atom is -0.481 e. The molecule has 0 unspecified atom stereocenters. The number of nitrogens with zero attached hydrogens (tertiary/aromatic N) is 2. The molecule has 2 aromatic carbocycles. The summed E-state index contributed by atoms with van der Waals surface area (Å²) in [5.41, 5.74) is 2.32. The molecule has 2 heterocycles. The van der Waals surface area contributed by atoms with Crippen LogP contribution in [0.5, 0.6) is 0 Å². The first-order chi connectivity index (χ1) is 15.2. The van der Waals surface area contributed by atoms with Gasteiger partial charge < -0.3 is 9.67 Å². The third-order valence-electron chi connectivity index (χ3n) is 6.75. The maximum Gasteiger partial charge on any atom is 0.309 e. The van der Waals surface area contributed by atoms with Gasteiger partial charge in [-0.2, -0.15) is 5.10 Å². The fraction of sp³-hybridized carbons (Fsp3) is 0.320. The van der Waals surface area contributed by atoms with E-state index < -0.39 is 11.4 Å². The van der Waals surface area contributed by atoms with E-state index in [-0.39, 0.29) is 23.3 Å². The lowest BCUT2D eigenvalue weighted by molar-refractivity contribution is -0.155. The zero-order chi connectivity index (χ0) is 22.8. The van der Waals surface area contributed by atoms with Gasteiger partial charge in [0.15, 0.2) is 0 Å². The molecule has 1 saturated carbocycles. The molecule has 0 radical (unpaired) electrons. The first-order valence-electron chi connectivity index (χ1n) is 10.7. The molecule has 6 nitrogen and oxygen atoms in total. The van der Waals surface area contributed by atoms with Crippen molar-refractivity contribution in [1.82, 2.24) is 14.8 Å². The molecular weight excluding hydrogens is 409 g/mol. The first kappa shape index (κ1) is 20.4. The topological polar surface area (TPSA) is 88.0 Å². The zero-order valence-corrected chi connectivity index (χ0v) is 18.1. The summed E-state index contributed by atoms with van der Waals surface area (Å²) in [5.74, 6) is -1.18. The lowest BCUT2D eigenvalue weighted by Crippen LogP contribution is -2.46. The predicted octanol–water partition coefficient (Wildman–Crippen LogP) is 5.23. The van der Waals surface area contributed by atoms with Gasteiger partial charge in [-0.1, -0.05) is 26.0 Å². The van der Waals surface area contributed by atoms with Crippen molar-refractivity contribution in [2.24, 2.45) is 5.41 Å². The van der Waals surface area contributed by atoms with Crippen LogP contribution in [0.25, 0.3) is 32.8 Å². The summed E-state index contributed by atoms with van der Waals surface area (Å²) in [5, 5.41) is 18.8. The predicted molar refractivity (Wildman–Crippen MR) is 121 cm³/mol. The number of aliphatic carboxylic acids is 1. The van der Waals surface area contributed by atoms with Crippen LogP contribution in [0.2, 0.25) is 0 Å². The monoisotopic (exact) mass is 433 g/mol. The molecule has 0 atom stereocenters. The van der Waals surface area contributed by atoms with Crippen LogP contribution in [0, 0.1) is 11.2 Å². The summed E-state index contributed by atoms with van der Waals surface area (Å²) < 4.78 is 15.5. The van der Waals surface area contributed by atoms with Crippen LogP contribution in [-0.4, -0.2) is 25.8 Å². The van der Waals surface area contributed by atoms with Crippen molar-refractivity contribution >= 4 is 27.6 Å². The quantitative estimate of drug-likeness (QED) is 0.461. The molecule has 164 valence electrons. The van der Waals surface area contributed by atoms with Crippen LogP contribution in [0.3, 0.4) is 0 Å². The Kier molecular flexibility index (Phi) is 4.48. The molecule has 1 aliphatic carbocycles. The fourth-order valence-corrected chi connectivity index (χ4v) is 5.06. The van der Waals surface area contributed by atoms with Gasteiger partial charge in [0.2, 0.25) is 0 Å². The molecule has 4 aromatic rings. The second-order valence-corrected chi connectivity index (χ2v) is 9.38. The van der Waals surface area contributed by atoms with Gasteiger partial charge in [-0.15, -0.1) is 0 Å². The number of aromatic amines is 1. The zero-order valence-electron chi connectivity index (χ0n) is 18.1. The van der Waals surface area contributed by atoms with E-state index in [1.807, 2.05) is 26.0 Å². The highest BCUT2D eigenvalue weighted by atomic mass is 19.1. The number of aromatic nitrogens is 3. The SMILES string of the molecule is CC(C)c1c(-c2ccc(F)cc2)c2cc3cn[nH]c3cc2c(=O)n1[C@H]1C[C@@](C)(C(=O)O)C1. The maximum atomic E-state index is 13.8. The van der Waals surface area contributed by atoms with Gasteiger partial charge in [-0.3, -0.25) is 14.7 Å². The maximum absolute atomic E-state index is 13.8. The van der Waals surface area contributed by atoms with Gasteiger partial charge >= 0.3 is 5.97 Å². The molecule has 1 aliphatic rings. The highest BCUT2D eigenvalue weighted by Gasteiger charge is 2.48. The van der Waals surface area contributed by atoms with Crippen LogP contribution in [0.4, 0.5) is 4.39 Å². The number of hydrogen-bond donors (Lipinski definition) is 2. The number of carboxylic acid groups (broad SMARTS) is 1. The van der Waals surface area contributed by atoms with E-state index in [2.05, 4.69) is 10.2 Å². The second-order valence-electron chi connectivity index (χ2n) is 9.38. The number of rotatable bonds is 4. The van der Waals surface area contributed by atoms with Gasteiger partial charge in [-0.05, 0) is 60.9 Å². The van der Waals surface area contributed by atoms with E-state index in [9.17, 15) is 19.1 Å². The number of carbonyl (C=O) groups is 1. The minimum absolute atomic E-state index is 0.0103. The lowest BCUT2D eigenvalue weighted by atomic mass is 9.66. The molecule has 5 rings (SSSR count). The minimum atomic E-state index is -0.841. The molecular formula is C25H24FN3O3. The molecule has 0 bridgehead atoms. The van der Waals surface area contributed by atoms with E-state index in [1.54, 1.807) is 29.8 Å².